The van der Waals surface area contributed by atoms with Gasteiger partial charge in [0.25, 0.3) is 0 Å². The van der Waals surface area contributed by atoms with Crippen LogP contribution in [0.15, 0.2) is 41.1 Å². The smallest absolute Gasteiger partial charge is 0.0664 e. The highest BCUT2D eigenvalue weighted by Gasteiger charge is 2.09. The molecule has 0 aliphatic rings. The first kappa shape index (κ1) is 14.5. The van der Waals surface area contributed by atoms with E-state index in [4.69, 9.17) is 11.6 Å². The number of allylic oxidation sites excluding steroid dienone is 4. The van der Waals surface area contributed by atoms with Gasteiger partial charge in [0.05, 0.1) is 5.03 Å². The standard InChI is InChI=1S/C15H19ClN2/c1-10(2)6-13(14(16)9-17-5)12-7-15(11(3)4)18-8-12/h6-10,18H,3,5H2,1-2,4H3/b13-6-,14-9+. The molecule has 1 rings (SSSR count). The number of aromatic nitrogens is 1. The first-order valence-corrected chi connectivity index (χ1v) is 6.22. The van der Waals surface area contributed by atoms with Gasteiger partial charge in [-0.25, -0.2) is 0 Å². The van der Waals surface area contributed by atoms with E-state index in [1.54, 1.807) is 6.20 Å². The quantitative estimate of drug-likeness (QED) is 0.579. The number of hydrogen-bond donors (Lipinski definition) is 1. The van der Waals surface area contributed by atoms with Gasteiger partial charge in [-0.1, -0.05) is 38.1 Å². The highest BCUT2D eigenvalue weighted by atomic mass is 35.5. The van der Waals surface area contributed by atoms with Gasteiger partial charge in [-0.15, -0.1) is 0 Å². The number of halogens is 1. The van der Waals surface area contributed by atoms with Gasteiger partial charge in [-0.3, -0.25) is 4.99 Å². The molecule has 0 aromatic carbocycles. The Morgan fingerprint density at radius 3 is 2.61 bits per heavy atom. The van der Waals surface area contributed by atoms with E-state index in [0.717, 1.165) is 22.4 Å². The highest BCUT2D eigenvalue weighted by Crippen LogP contribution is 2.29. The maximum absolute atomic E-state index is 6.24. The fourth-order valence-electron chi connectivity index (χ4n) is 1.59. The minimum absolute atomic E-state index is 0.398. The lowest BCUT2D eigenvalue weighted by atomic mass is 10.0. The molecule has 1 aromatic rings. The number of nitrogens with one attached hydrogen (secondary N) is 1. The molecule has 0 amide bonds. The van der Waals surface area contributed by atoms with E-state index >= 15 is 0 Å². The Morgan fingerprint density at radius 1 is 1.50 bits per heavy atom. The van der Waals surface area contributed by atoms with Gasteiger partial charge in [0.1, 0.15) is 0 Å². The number of aromatic amines is 1. The van der Waals surface area contributed by atoms with Crippen molar-refractivity contribution in [3.05, 3.63) is 47.4 Å². The summed E-state index contributed by atoms with van der Waals surface area (Å²) in [7, 11) is 0. The second-order valence-electron chi connectivity index (χ2n) is 4.57. The van der Waals surface area contributed by atoms with E-state index in [-0.39, 0.29) is 0 Å². The lowest BCUT2D eigenvalue weighted by Gasteiger charge is -2.05. The molecule has 1 heterocycles. The van der Waals surface area contributed by atoms with Crippen molar-refractivity contribution >= 4 is 29.5 Å². The Labute approximate surface area is 114 Å². The molecule has 0 saturated carbocycles. The lowest BCUT2D eigenvalue weighted by molar-refractivity contribution is 0.834. The van der Waals surface area contributed by atoms with Crippen LogP contribution in [0.5, 0.6) is 0 Å². The summed E-state index contributed by atoms with van der Waals surface area (Å²) in [6, 6.07) is 2.04. The third-order valence-corrected chi connectivity index (χ3v) is 2.72. The minimum Gasteiger partial charge on any atom is -0.361 e. The van der Waals surface area contributed by atoms with Crippen LogP contribution in [0.2, 0.25) is 0 Å². The molecule has 0 atom stereocenters. The Bertz CT molecular complexity index is 504. The number of aliphatic imine (C=N–C) groups is 1. The summed E-state index contributed by atoms with van der Waals surface area (Å²) in [6.45, 7) is 13.5. The van der Waals surface area contributed by atoms with Crippen LogP contribution in [-0.4, -0.2) is 11.7 Å². The third kappa shape index (κ3) is 3.74. The summed E-state index contributed by atoms with van der Waals surface area (Å²) in [4.78, 5) is 6.90. The summed E-state index contributed by atoms with van der Waals surface area (Å²) >= 11 is 6.24. The molecule has 18 heavy (non-hydrogen) atoms. The lowest BCUT2D eigenvalue weighted by Crippen LogP contribution is -1.87. The second-order valence-corrected chi connectivity index (χ2v) is 4.97. The Hall–Kier alpha value is -1.54. The zero-order valence-corrected chi connectivity index (χ0v) is 11.9. The average molecular weight is 263 g/mol. The topological polar surface area (TPSA) is 28.1 Å². The largest absolute Gasteiger partial charge is 0.361 e. The van der Waals surface area contributed by atoms with Crippen molar-refractivity contribution in [3.8, 4) is 0 Å². The molecule has 1 aromatic heterocycles. The molecule has 96 valence electrons. The van der Waals surface area contributed by atoms with E-state index in [1.807, 2.05) is 19.2 Å². The molecule has 2 nitrogen and oxygen atoms in total. The number of H-pyrrole nitrogens is 1. The van der Waals surface area contributed by atoms with Crippen LogP contribution in [-0.2, 0) is 0 Å². The molecular formula is C15H19ClN2. The van der Waals surface area contributed by atoms with Crippen molar-refractivity contribution in [2.75, 3.05) is 0 Å². The number of rotatable bonds is 5. The van der Waals surface area contributed by atoms with Gasteiger partial charge >= 0.3 is 0 Å². The van der Waals surface area contributed by atoms with Gasteiger partial charge in [-0.05, 0) is 36.8 Å². The van der Waals surface area contributed by atoms with Crippen molar-refractivity contribution in [3.63, 3.8) is 0 Å². The Kier molecular flexibility index (Phi) is 5.17. The van der Waals surface area contributed by atoms with E-state index in [2.05, 4.69) is 43.2 Å². The SMILES string of the molecule is C=N/C=C(Cl)\C(=C/C(C)C)c1c[nH]c(C(=C)C)c1. The van der Waals surface area contributed by atoms with Crippen molar-refractivity contribution in [1.29, 1.82) is 0 Å². The molecule has 0 fully saturated rings. The molecule has 0 bridgehead atoms. The molecule has 0 unspecified atom stereocenters. The van der Waals surface area contributed by atoms with Crippen molar-refractivity contribution in [1.82, 2.24) is 4.98 Å². The van der Waals surface area contributed by atoms with Gasteiger partial charge in [-0.2, -0.15) is 0 Å². The Morgan fingerprint density at radius 2 is 2.17 bits per heavy atom. The summed E-state index contributed by atoms with van der Waals surface area (Å²) in [5, 5.41) is 0.589. The monoisotopic (exact) mass is 262 g/mol. The predicted octanol–water partition coefficient (Wildman–Crippen LogP) is 4.87. The second kappa shape index (κ2) is 6.41. The van der Waals surface area contributed by atoms with Crippen LogP contribution in [0.4, 0.5) is 0 Å². The van der Waals surface area contributed by atoms with Gasteiger partial charge in [0.15, 0.2) is 0 Å². The molecule has 0 spiro atoms. The molecule has 3 heteroatoms. The normalized spacial score (nSPS) is 12.9. The fraction of sp³-hybridized carbons (Fsp3) is 0.267. The van der Waals surface area contributed by atoms with Gasteiger partial charge in [0.2, 0.25) is 0 Å². The maximum atomic E-state index is 6.24. The highest BCUT2D eigenvalue weighted by molar-refractivity contribution is 6.37. The Balaban J connectivity index is 3.22. The third-order valence-electron chi connectivity index (χ3n) is 2.42. The van der Waals surface area contributed by atoms with Crippen LogP contribution in [0, 0.1) is 5.92 Å². The molecule has 1 N–H and O–H groups in total. The summed E-state index contributed by atoms with van der Waals surface area (Å²) in [5.74, 6) is 0.398. The minimum atomic E-state index is 0.398. The van der Waals surface area contributed by atoms with E-state index < -0.39 is 0 Å². The van der Waals surface area contributed by atoms with Gasteiger partial charge in [0, 0.05) is 23.7 Å². The van der Waals surface area contributed by atoms with Gasteiger partial charge < -0.3 is 4.98 Å². The van der Waals surface area contributed by atoms with Crippen molar-refractivity contribution in [2.24, 2.45) is 10.9 Å². The molecule has 0 aliphatic carbocycles. The van der Waals surface area contributed by atoms with Crippen molar-refractivity contribution in [2.45, 2.75) is 20.8 Å². The number of hydrogen-bond acceptors (Lipinski definition) is 1. The first-order chi connectivity index (χ1) is 8.45. The summed E-state index contributed by atoms with van der Waals surface area (Å²) in [6.07, 6.45) is 5.59. The van der Waals surface area contributed by atoms with E-state index in [0.29, 0.717) is 11.0 Å². The molecule has 0 radical (unpaired) electrons. The fourth-order valence-corrected chi connectivity index (χ4v) is 1.83. The van der Waals surface area contributed by atoms with Crippen LogP contribution >= 0.6 is 11.6 Å². The van der Waals surface area contributed by atoms with E-state index in [1.165, 1.54) is 0 Å². The van der Waals surface area contributed by atoms with Crippen molar-refractivity contribution < 1.29 is 0 Å². The zero-order valence-electron chi connectivity index (χ0n) is 11.1. The van der Waals surface area contributed by atoms with Crippen LogP contribution in [0.1, 0.15) is 32.0 Å². The summed E-state index contributed by atoms with van der Waals surface area (Å²) < 4.78 is 0. The zero-order chi connectivity index (χ0) is 13.7. The molecular weight excluding hydrogens is 244 g/mol. The van der Waals surface area contributed by atoms with Crippen LogP contribution in [0.25, 0.3) is 11.1 Å². The van der Waals surface area contributed by atoms with E-state index in [9.17, 15) is 0 Å². The van der Waals surface area contributed by atoms with Crippen LogP contribution < -0.4 is 0 Å². The summed E-state index contributed by atoms with van der Waals surface area (Å²) in [5.41, 5.74) is 4.00. The number of nitrogens with zero attached hydrogens (tertiary/aromatic N) is 1. The molecule has 0 saturated heterocycles. The van der Waals surface area contributed by atoms with Crippen LogP contribution in [0.3, 0.4) is 0 Å². The predicted molar refractivity (Wildman–Crippen MR) is 81.8 cm³/mol. The average Bonchev–Trinajstić information content (AvgIpc) is 2.75. The first-order valence-electron chi connectivity index (χ1n) is 5.84. The molecule has 0 aliphatic heterocycles. The maximum Gasteiger partial charge on any atom is 0.0664 e.